The van der Waals surface area contributed by atoms with E-state index in [4.69, 9.17) is 0 Å². The fourth-order valence-electron chi connectivity index (χ4n) is 5.62. The molecule has 2 aromatic rings. The molecule has 2 fully saturated rings. The van der Waals surface area contributed by atoms with Crippen LogP contribution < -0.4 is 35.2 Å². The maximum Gasteiger partial charge on any atom is 4.00 e. The minimum atomic E-state index is -0.914. The van der Waals surface area contributed by atoms with Crippen molar-refractivity contribution in [2.75, 3.05) is 0 Å². The second kappa shape index (κ2) is 14.8. The van der Waals surface area contributed by atoms with Gasteiger partial charge in [0.1, 0.15) is 0 Å². The van der Waals surface area contributed by atoms with Crippen LogP contribution in [0, 0.1) is 0 Å². The first-order valence-electron chi connectivity index (χ1n) is 12.1. The van der Waals surface area contributed by atoms with E-state index in [0.717, 1.165) is 0 Å². The number of hydrogen-bond donors (Lipinski definition) is 0. The average Bonchev–Trinajstić information content (AvgIpc) is 3.31. The molecule has 0 N–H and O–H groups in total. The van der Waals surface area contributed by atoms with Gasteiger partial charge in [-0.25, -0.2) is 22.5 Å². The Kier molecular flexibility index (Phi) is 15.1. The van der Waals surface area contributed by atoms with Gasteiger partial charge < -0.3 is 24.8 Å². The molecule has 2 heterocycles. The van der Waals surface area contributed by atoms with Crippen LogP contribution in [0.15, 0.2) is 36.4 Å². The second-order valence-corrected chi connectivity index (χ2v) is 18.8. The summed E-state index contributed by atoms with van der Waals surface area (Å²) in [5, 5.41) is 3.53. The van der Waals surface area contributed by atoms with Gasteiger partial charge in [-0.1, -0.05) is 102 Å². The largest absolute Gasteiger partial charge is 4.00 e. The Hall–Kier alpha value is 0.597. The number of rotatable bonds is 8. The standard InChI is InChI=1S/2C13H21Si.2ClH.Zr/c2*1-3-8-14(9-5-10-14)13-7-6-12(4-2)11-13;;;/h2*6-7,11H,3-5,8-10H2,1-2H3;2*1H;/q2*-1;;;+4/p-2. The first-order valence-corrected chi connectivity index (χ1v) is 17.4. The molecule has 2 aromatic carbocycles. The molecule has 0 amide bonds. The third kappa shape index (κ3) is 7.29. The van der Waals surface area contributed by atoms with Crippen LogP contribution in [-0.4, -0.2) is 16.1 Å². The van der Waals surface area contributed by atoms with Crippen molar-refractivity contribution < 1.29 is 51.0 Å². The molecule has 0 atom stereocenters. The molecule has 2 aliphatic rings. The van der Waals surface area contributed by atoms with Gasteiger partial charge in [0.15, 0.2) is 0 Å². The van der Waals surface area contributed by atoms with E-state index in [1.165, 1.54) is 50.6 Å². The van der Waals surface area contributed by atoms with E-state index >= 15 is 0 Å². The fraction of sp³-hybridized carbons (Fsp3) is 0.615. The van der Waals surface area contributed by atoms with E-state index in [1.807, 2.05) is 0 Å². The summed E-state index contributed by atoms with van der Waals surface area (Å²) in [6.45, 7) is 9.20. The summed E-state index contributed by atoms with van der Waals surface area (Å²) in [5.74, 6) is 0. The van der Waals surface area contributed by atoms with Crippen molar-refractivity contribution in [1.29, 1.82) is 0 Å². The second-order valence-electron chi connectivity index (χ2n) is 9.49. The van der Waals surface area contributed by atoms with Gasteiger partial charge in [-0.05, 0) is 0 Å². The average molecular weight is 573 g/mol. The zero-order chi connectivity index (χ0) is 20.0. The molecule has 4 rings (SSSR count). The molecule has 0 aliphatic carbocycles. The monoisotopic (exact) mass is 570 g/mol. The Bertz CT molecular complexity index is 667. The number of hydrogen-bond acceptors (Lipinski definition) is 0. The molecular weight excluding hydrogens is 531 g/mol. The van der Waals surface area contributed by atoms with E-state index in [0.29, 0.717) is 0 Å². The molecule has 0 spiro atoms. The molecule has 2 saturated heterocycles. The minimum Gasteiger partial charge on any atom is -1.00 e. The third-order valence-corrected chi connectivity index (χ3v) is 19.0. The van der Waals surface area contributed by atoms with Gasteiger partial charge in [-0.15, -0.1) is 0 Å². The molecule has 31 heavy (non-hydrogen) atoms. The van der Waals surface area contributed by atoms with Gasteiger partial charge in [-0.2, -0.15) is 35.4 Å². The quantitative estimate of drug-likeness (QED) is 0.326. The molecule has 0 unspecified atom stereocenters. The van der Waals surface area contributed by atoms with Crippen molar-refractivity contribution in [2.45, 2.75) is 102 Å². The first-order chi connectivity index (χ1) is 13.6. The summed E-state index contributed by atoms with van der Waals surface area (Å²) in [4.78, 5) is 0. The van der Waals surface area contributed by atoms with Crippen LogP contribution in [0.2, 0.25) is 36.3 Å². The van der Waals surface area contributed by atoms with Crippen LogP contribution in [-0.2, 0) is 39.0 Å². The van der Waals surface area contributed by atoms with Crippen molar-refractivity contribution >= 4 is 26.5 Å². The minimum absolute atomic E-state index is 0. The summed E-state index contributed by atoms with van der Waals surface area (Å²) in [6.07, 6.45) is 8.18. The fourth-order valence-corrected chi connectivity index (χ4v) is 14.5. The molecular formula is C26H42Cl2Si2Zr. The molecule has 2 aliphatic heterocycles. The van der Waals surface area contributed by atoms with E-state index in [2.05, 4.69) is 64.1 Å². The van der Waals surface area contributed by atoms with Crippen LogP contribution in [0.1, 0.15) is 64.5 Å². The van der Waals surface area contributed by atoms with Crippen molar-refractivity contribution in [3.63, 3.8) is 0 Å². The van der Waals surface area contributed by atoms with E-state index in [-0.39, 0.29) is 51.0 Å². The Morgan fingerprint density at radius 3 is 1.23 bits per heavy atom. The van der Waals surface area contributed by atoms with Crippen LogP contribution in [0.3, 0.4) is 0 Å². The van der Waals surface area contributed by atoms with Crippen LogP contribution >= 0.6 is 0 Å². The van der Waals surface area contributed by atoms with Gasteiger partial charge >= 0.3 is 26.2 Å². The topological polar surface area (TPSA) is 0 Å². The van der Waals surface area contributed by atoms with Crippen LogP contribution in [0.4, 0.5) is 0 Å². The van der Waals surface area contributed by atoms with Gasteiger partial charge in [0.05, 0.1) is 0 Å². The summed E-state index contributed by atoms with van der Waals surface area (Å²) in [6, 6.07) is 23.9. The van der Waals surface area contributed by atoms with E-state index in [1.54, 1.807) is 45.7 Å². The molecule has 172 valence electrons. The SMILES string of the molecule is CCC[Si]1(c2cc[c-](CC)c2)CCC1.CCC[Si]1(c2cc[c-](CC)c2)CCC1.[Cl-].[Cl-].[Zr+4]. The Morgan fingerprint density at radius 1 is 0.677 bits per heavy atom. The summed E-state index contributed by atoms with van der Waals surface area (Å²) in [5.41, 5.74) is 3.10. The summed E-state index contributed by atoms with van der Waals surface area (Å²) < 4.78 is 0. The molecule has 0 nitrogen and oxygen atoms in total. The maximum absolute atomic E-state index is 2.50. The predicted octanol–water partition coefficient (Wildman–Crippen LogP) is 0.880. The summed E-state index contributed by atoms with van der Waals surface area (Å²) in [7, 11) is -1.83. The smallest absolute Gasteiger partial charge is 1.00 e. The number of halogens is 2. The molecule has 0 bridgehead atoms. The van der Waals surface area contributed by atoms with E-state index < -0.39 is 16.1 Å². The molecule has 0 radical (unpaired) electrons. The van der Waals surface area contributed by atoms with Crippen molar-refractivity contribution in [1.82, 2.24) is 0 Å². The molecule has 5 heteroatoms. The van der Waals surface area contributed by atoms with Crippen LogP contribution in [0.25, 0.3) is 0 Å². The van der Waals surface area contributed by atoms with E-state index in [9.17, 15) is 0 Å². The predicted molar refractivity (Wildman–Crippen MR) is 132 cm³/mol. The normalized spacial score (nSPS) is 17.4. The van der Waals surface area contributed by atoms with Crippen LogP contribution in [0.5, 0.6) is 0 Å². The third-order valence-electron chi connectivity index (χ3n) is 7.76. The van der Waals surface area contributed by atoms with Gasteiger partial charge in [-0.3, -0.25) is 0 Å². The Balaban J connectivity index is 0.000000529. The first kappa shape index (κ1) is 31.6. The molecule has 0 saturated carbocycles. The maximum atomic E-state index is 2.50. The van der Waals surface area contributed by atoms with Crippen molar-refractivity contribution in [3.05, 3.63) is 47.5 Å². The van der Waals surface area contributed by atoms with Crippen molar-refractivity contribution in [2.24, 2.45) is 0 Å². The van der Waals surface area contributed by atoms with Gasteiger partial charge in [0.25, 0.3) is 0 Å². The number of aryl methyl sites for hydroxylation is 2. The molecule has 0 aromatic heterocycles. The van der Waals surface area contributed by atoms with Crippen molar-refractivity contribution in [3.8, 4) is 0 Å². The zero-order valence-electron chi connectivity index (χ0n) is 20.2. The van der Waals surface area contributed by atoms with Gasteiger partial charge in [0.2, 0.25) is 0 Å². The Labute approximate surface area is 226 Å². The summed E-state index contributed by atoms with van der Waals surface area (Å²) >= 11 is 0. The Morgan fingerprint density at radius 2 is 1.03 bits per heavy atom. The zero-order valence-corrected chi connectivity index (χ0v) is 26.2. The van der Waals surface area contributed by atoms with Gasteiger partial charge in [0, 0.05) is 16.1 Å².